The summed E-state index contributed by atoms with van der Waals surface area (Å²) in [5, 5.41) is 0. The van der Waals surface area contributed by atoms with Crippen molar-refractivity contribution in [2.45, 2.75) is 65.2 Å². The number of nitrogens with zero attached hydrogens (tertiary/aromatic N) is 2. The standard InChI is InChI=1S/C25H36N2O2/c1-4-6-7-8-9-10-17-28-23-15-13-22(14-16-23)25-26-19-24(20-27-25)29-18-11-12-21(3)5-2/h4,13-16,19-21H,1,5-12,17-18H2,2-3H3/t21-/m0/s1. The average molecular weight is 397 g/mol. The van der Waals surface area contributed by atoms with Crippen LogP contribution in [-0.4, -0.2) is 23.2 Å². The molecule has 158 valence electrons. The Balaban J connectivity index is 1.71. The summed E-state index contributed by atoms with van der Waals surface area (Å²) in [7, 11) is 0. The number of ether oxygens (including phenoxy) is 2. The van der Waals surface area contributed by atoms with E-state index in [2.05, 4.69) is 30.4 Å². The van der Waals surface area contributed by atoms with Crippen molar-refractivity contribution >= 4 is 0 Å². The molecule has 0 fully saturated rings. The summed E-state index contributed by atoms with van der Waals surface area (Å²) in [6.45, 7) is 9.73. The fourth-order valence-electron chi connectivity index (χ4n) is 3.00. The molecule has 0 aliphatic heterocycles. The molecule has 0 amide bonds. The molecule has 2 rings (SSSR count). The minimum Gasteiger partial charge on any atom is -0.494 e. The summed E-state index contributed by atoms with van der Waals surface area (Å²) in [5.74, 6) is 3.07. The molecule has 2 aromatic rings. The molecular formula is C25H36N2O2. The van der Waals surface area contributed by atoms with Gasteiger partial charge in [0.2, 0.25) is 0 Å². The van der Waals surface area contributed by atoms with Gasteiger partial charge >= 0.3 is 0 Å². The monoisotopic (exact) mass is 396 g/mol. The lowest BCUT2D eigenvalue weighted by Gasteiger charge is -2.09. The zero-order valence-electron chi connectivity index (χ0n) is 18.1. The van der Waals surface area contributed by atoms with E-state index in [9.17, 15) is 0 Å². The molecule has 0 unspecified atom stereocenters. The second-order valence-electron chi connectivity index (χ2n) is 7.61. The highest BCUT2D eigenvalue weighted by atomic mass is 16.5. The molecular weight excluding hydrogens is 360 g/mol. The second kappa shape index (κ2) is 13.8. The minimum absolute atomic E-state index is 0.700. The summed E-state index contributed by atoms with van der Waals surface area (Å²) in [5.41, 5.74) is 0.977. The van der Waals surface area contributed by atoms with Gasteiger partial charge in [-0.15, -0.1) is 6.58 Å². The van der Waals surface area contributed by atoms with Crippen molar-refractivity contribution in [3.8, 4) is 22.9 Å². The van der Waals surface area contributed by atoms with Crippen molar-refractivity contribution in [3.63, 3.8) is 0 Å². The van der Waals surface area contributed by atoms with Gasteiger partial charge in [0.25, 0.3) is 0 Å². The van der Waals surface area contributed by atoms with E-state index in [1.54, 1.807) is 12.4 Å². The minimum atomic E-state index is 0.700. The van der Waals surface area contributed by atoms with Crippen molar-refractivity contribution in [3.05, 3.63) is 49.3 Å². The predicted octanol–water partition coefficient (Wildman–Crippen LogP) is 6.86. The molecule has 1 heterocycles. The van der Waals surface area contributed by atoms with E-state index in [-0.39, 0.29) is 0 Å². The van der Waals surface area contributed by atoms with Crippen LogP contribution in [0, 0.1) is 5.92 Å². The van der Waals surface area contributed by atoms with Gasteiger partial charge in [0.15, 0.2) is 11.6 Å². The van der Waals surface area contributed by atoms with Crippen LogP contribution in [0.2, 0.25) is 0 Å². The Morgan fingerprint density at radius 1 is 0.897 bits per heavy atom. The third-order valence-corrected chi connectivity index (χ3v) is 5.12. The van der Waals surface area contributed by atoms with Gasteiger partial charge in [-0.25, -0.2) is 9.97 Å². The summed E-state index contributed by atoms with van der Waals surface area (Å²) in [4.78, 5) is 8.87. The van der Waals surface area contributed by atoms with Gasteiger partial charge < -0.3 is 9.47 Å². The Hall–Kier alpha value is -2.36. The van der Waals surface area contributed by atoms with E-state index in [1.807, 2.05) is 30.3 Å². The van der Waals surface area contributed by atoms with Gasteiger partial charge in [0.1, 0.15) is 5.75 Å². The third-order valence-electron chi connectivity index (χ3n) is 5.12. The Morgan fingerprint density at radius 2 is 1.55 bits per heavy atom. The first-order valence-electron chi connectivity index (χ1n) is 11.0. The van der Waals surface area contributed by atoms with Crippen LogP contribution < -0.4 is 9.47 Å². The average Bonchev–Trinajstić information content (AvgIpc) is 2.77. The van der Waals surface area contributed by atoms with E-state index < -0.39 is 0 Å². The van der Waals surface area contributed by atoms with Gasteiger partial charge in [0.05, 0.1) is 25.6 Å². The molecule has 0 aliphatic rings. The summed E-state index contributed by atoms with van der Waals surface area (Å²) >= 11 is 0. The lowest BCUT2D eigenvalue weighted by atomic mass is 10.0. The number of hydrogen-bond donors (Lipinski definition) is 0. The van der Waals surface area contributed by atoms with Crippen molar-refractivity contribution < 1.29 is 9.47 Å². The zero-order chi connectivity index (χ0) is 20.7. The Kier molecular flexibility index (Phi) is 10.9. The maximum Gasteiger partial charge on any atom is 0.159 e. The first kappa shape index (κ1) is 22.9. The Labute approximate surface area is 176 Å². The maximum absolute atomic E-state index is 5.82. The number of aromatic nitrogens is 2. The lowest BCUT2D eigenvalue weighted by Crippen LogP contribution is -2.02. The third kappa shape index (κ3) is 9.12. The van der Waals surface area contributed by atoms with E-state index in [0.29, 0.717) is 12.4 Å². The Morgan fingerprint density at radius 3 is 2.24 bits per heavy atom. The quantitative estimate of drug-likeness (QED) is 0.243. The van der Waals surface area contributed by atoms with Crippen LogP contribution in [0.3, 0.4) is 0 Å². The molecule has 4 heteroatoms. The molecule has 1 aromatic heterocycles. The molecule has 0 N–H and O–H groups in total. The van der Waals surface area contributed by atoms with Crippen LogP contribution in [0.4, 0.5) is 0 Å². The largest absolute Gasteiger partial charge is 0.494 e. The highest BCUT2D eigenvalue weighted by Crippen LogP contribution is 2.21. The van der Waals surface area contributed by atoms with Crippen molar-refractivity contribution in [1.82, 2.24) is 9.97 Å². The van der Waals surface area contributed by atoms with Crippen molar-refractivity contribution in [2.24, 2.45) is 5.92 Å². The number of unbranched alkanes of at least 4 members (excludes halogenated alkanes) is 4. The summed E-state index contributed by atoms with van der Waals surface area (Å²) in [6.07, 6.45) is 14.8. The molecule has 1 atom stereocenters. The number of benzene rings is 1. The topological polar surface area (TPSA) is 44.2 Å². The SMILES string of the molecule is C=CCCCCCCOc1ccc(-c2ncc(OCCC[C@@H](C)CC)cn2)cc1. The van der Waals surface area contributed by atoms with E-state index >= 15 is 0 Å². The first-order valence-corrected chi connectivity index (χ1v) is 11.0. The Bertz CT molecular complexity index is 683. The van der Waals surface area contributed by atoms with Gasteiger partial charge in [-0.3, -0.25) is 0 Å². The lowest BCUT2D eigenvalue weighted by molar-refractivity contribution is 0.292. The summed E-state index contributed by atoms with van der Waals surface area (Å²) in [6, 6.07) is 7.97. The van der Waals surface area contributed by atoms with Gasteiger partial charge in [-0.1, -0.05) is 39.2 Å². The number of allylic oxidation sites excluding steroid dienone is 1. The van der Waals surface area contributed by atoms with Crippen molar-refractivity contribution in [1.29, 1.82) is 0 Å². The van der Waals surface area contributed by atoms with Crippen LogP contribution in [0.15, 0.2) is 49.3 Å². The molecule has 1 aromatic carbocycles. The number of hydrogen-bond acceptors (Lipinski definition) is 4. The van der Waals surface area contributed by atoms with Crippen LogP contribution in [-0.2, 0) is 0 Å². The molecule has 0 bridgehead atoms. The molecule has 0 spiro atoms. The predicted molar refractivity (Wildman–Crippen MR) is 120 cm³/mol. The van der Waals surface area contributed by atoms with Crippen LogP contribution in [0.5, 0.6) is 11.5 Å². The van der Waals surface area contributed by atoms with E-state index in [4.69, 9.17) is 9.47 Å². The first-order chi connectivity index (χ1) is 14.2. The molecule has 0 saturated carbocycles. The van der Waals surface area contributed by atoms with Gasteiger partial charge in [-0.2, -0.15) is 0 Å². The van der Waals surface area contributed by atoms with Crippen LogP contribution >= 0.6 is 0 Å². The molecule has 4 nitrogen and oxygen atoms in total. The molecule has 0 saturated heterocycles. The fraction of sp³-hybridized carbons (Fsp3) is 0.520. The molecule has 29 heavy (non-hydrogen) atoms. The maximum atomic E-state index is 5.82. The van der Waals surface area contributed by atoms with Crippen LogP contribution in [0.25, 0.3) is 11.4 Å². The molecule has 0 aliphatic carbocycles. The number of rotatable bonds is 15. The fourth-order valence-corrected chi connectivity index (χ4v) is 3.00. The molecule has 0 radical (unpaired) electrons. The van der Waals surface area contributed by atoms with Crippen molar-refractivity contribution in [2.75, 3.05) is 13.2 Å². The van der Waals surface area contributed by atoms with Gasteiger partial charge in [-0.05, 0) is 62.3 Å². The van der Waals surface area contributed by atoms with E-state index in [1.165, 1.54) is 32.1 Å². The van der Waals surface area contributed by atoms with Gasteiger partial charge in [0, 0.05) is 5.56 Å². The second-order valence-corrected chi connectivity index (χ2v) is 7.61. The normalized spacial score (nSPS) is 11.8. The zero-order valence-corrected chi connectivity index (χ0v) is 18.1. The van der Waals surface area contributed by atoms with Crippen LogP contribution in [0.1, 0.15) is 65.2 Å². The highest BCUT2D eigenvalue weighted by molar-refractivity contribution is 5.56. The highest BCUT2D eigenvalue weighted by Gasteiger charge is 2.04. The summed E-state index contributed by atoms with van der Waals surface area (Å²) < 4.78 is 11.6. The smallest absolute Gasteiger partial charge is 0.159 e. The van der Waals surface area contributed by atoms with E-state index in [0.717, 1.165) is 48.8 Å².